The molecule has 0 aliphatic carbocycles. The Morgan fingerprint density at radius 2 is 1.86 bits per heavy atom. The van der Waals surface area contributed by atoms with Gasteiger partial charge >= 0.3 is 0 Å². The maximum atomic E-state index is 12.3. The van der Waals surface area contributed by atoms with Gasteiger partial charge in [0.2, 0.25) is 0 Å². The predicted molar refractivity (Wildman–Crippen MR) is 86.0 cm³/mol. The summed E-state index contributed by atoms with van der Waals surface area (Å²) in [5.41, 5.74) is 3.53. The van der Waals surface area contributed by atoms with Crippen LogP contribution in [0.5, 0.6) is 0 Å². The van der Waals surface area contributed by atoms with E-state index in [-0.39, 0.29) is 5.91 Å². The molecule has 0 saturated heterocycles. The van der Waals surface area contributed by atoms with Gasteiger partial charge in [0.05, 0.1) is 0 Å². The standard InChI is InChI=1S/C17H21N3O/c1-4-20(5-2)17(21)16-12-15(9-10-18-16)19-14-8-6-7-13(3)11-14/h6-12H,4-5H2,1-3H3,(H,18,19). The van der Waals surface area contributed by atoms with Crippen molar-refractivity contribution in [1.82, 2.24) is 9.88 Å². The molecule has 0 spiro atoms. The SMILES string of the molecule is CCN(CC)C(=O)c1cc(Nc2cccc(C)c2)ccn1. The van der Waals surface area contributed by atoms with E-state index in [1.807, 2.05) is 45.0 Å². The van der Waals surface area contributed by atoms with Gasteiger partial charge in [-0.05, 0) is 50.6 Å². The molecule has 1 aromatic heterocycles. The molecule has 1 N–H and O–H groups in total. The summed E-state index contributed by atoms with van der Waals surface area (Å²) in [7, 11) is 0. The van der Waals surface area contributed by atoms with Gasteiger partial charge < -0.3 is 10.2 Å². The van der Waals surface area contributed by atoms with Crippen LogP contribution < -0.4 is 5.32 Å². The molecule has 0 radical (unpaired) electrons. The van der Waals surface area contributed by atoms with Crippen molar-refractivity contribution in [2.24, 2.45) is 0 Å². The van der Waals surface area contributed by atoms with Crippen molar-refractivity contribution in [2.75, 3.05) is 18.4 Å². The Kier molecular flexibility index (Phi) is 4.93. The molecule has 1 heterocycles. The highest BCUT2D eigenvalue weighted by molar-refractivity contribution is 5.93. The second-order valence-electron chi connectivity index (χ2n) is 4.90. The largest absolute Gasteiger partial charge is 0.355 e. The first-order valence-electron chi connectivity index (χ1n) is 7.23. The lowest BCUT2D eigenvalue weighted by atomic mass is 10.2. The van der Waals surface area contributed by atoms with E-state index < -0.39 is 0 Å². The molecule has 1 amide bonds. The van der Waals surface area contributed by atoms with Crippen molar-refractivity contribution in [2.45, 2.75) is 20.8 Å². The van der Waals surface area contributed by atoms with E-state index in [0.29, 0.717) is 18.8 Å². The molecule has 0 aliphatic rings. The van der Waals surface area contributed by atoms with Crippen molar-refractivity contribution in [3.63, 3.8) is 0 Å². The number of carbonyl (C=O) groups is 1. The van der Waals surface area contributed by atoms with Crippen LogP contribution in [0.2, 0.25) is 0 Å². The van der Waals surface area contributed by atoms with Crippen molar-refractivity contribution in [3.8, 4) is 0 Å². The summed E-state index contributed by atoms with van der Waals surface area (Å²) in [6.45, 7) is 7.36. The number of aryl methyl sites for hydroxylation is 1. The number of benzene rings is 1. The molecule has 0 unspecified atom stereocenters. The lowest BCUT2D eigenvalue weighted by Gasteiger charge is -2.18. The smallest absolute Gasteiger partial charge is 0.272 e. The van der Waals surface area contributed by atoms with Gasteiger partial charge in [0, 0.05) is 30.7 Å². The quantitative estimate of drug-likeness (QED) is 0.911. The number of rotatable bonds is 5. The number of nitrogens with one attached hydrogen (secondary N) is 1. The van der Waals surface area contributed by atoms with Gasteiger partial charge in [-0.2, -0.15) is 0 Å². The maximum absolute atomic E-state index is 12.3. The zero-order chi connectivity index (χ0) is 15.2. The second-order valence-corrected chi connectivity index (χ2v) is 4.90. The molecule has 0 saturated carbocycles. The van der Waals surface area contributed by atoms with Crippen LogP contribution in [0.3, 0.4) is 0 Å². The first-order chi connectivity index (χ1) is 10.1. The average molecular weight is 283 g/mol. The van der Waals surface area contributed by atoms with E-state index in [1.54, 1.807) is 17.2 Å². The normalized spacial score (nSPS) is 10.2. The minimum absolute atomic E-state index is 0.0344. The predicted octanol–water partition coefficient (Wildman–Crippen LogP) is 3.62. The fraction of sp³-hybridized carbons (Fsp3) is 0.294. The number of aromatic nitrogens is 1. The number of nitrogens with zero attached hydrogens (tertiary/aromatic N) is 2. The minimum Gasteiger partial charge on any atom is -0.355 e. The number of hydrogen-bond acceptors (Lipinski definition) is 3. The summed E-state index contributed by atoms with van der Waals surface area (Å²) in [4.78, 5) is 18.2. The van der Waals surface area contributed by atoms with Gasteiger partial charge in [-0.25, -0.2) is 0 Å². The highest BCUT2D eigenvalue weighted by Crippen LogP contribution is 2.18. The van der Waals surface area contributed by atoms with E-state index in [1.165, 1.54) is 5.56 Å². The van der Waals surface area contributed by atoms with E-state index in [4.69, 9.17) is 0 Å². The van der Waals surface area contributed by atoms with Crippen LogP contribution in [-0.4, -0.2) is 28.9 Å². The molecule has 21 heavy (non-hydrogen) atoms. The molecule has 4 heteroatoms. The van der Waals surface area contributed by atoms with E-state index >= 15 is 0 Å². The van der Waals surface area contributed by atoms with Gasteiger partial charge in [0.1, 0.15) is 5.69 Å². The molecule has 2 aromatic rings. The Hall–Kier alpha value is -2.36. The third-order valence-electron chi connectivity index (χ3n) is 3.34. The number of carbonyl (C=O) groups excluding carboxylic acids is 1. The zero-order valence-corrected chi connectivity index (χ0v) is 12.8. The highest BCUT2D eigenvalue weighted by Gasteiger charge is 2.14. The summed E-state index contributed by atoms with van der Waals surface area (Å²) in [6.07, 6.45) is 1.66. The molecule has 4 nitrogen and oxygen atoms in total. The number of amides is 1. The Balaban J connectivity index is 2.20. The van der Waals surface area contributed by atoms with Crippen LogP contribution in [0.4, 0.5) is 11.4 Å². The number of hydrogen-bond donors (Lipinski definition) is 1. The van der Waals surface area contributed by atoms with Crippen LogP contribution in [0.1, 0.15) is 29.9 Å². The third-order valence-corrected chi connectivity index (χ3v) is 3.34. The van der Waals surface area contributed by atoms with Crippen molar-refractivity contribution in [3.05, 3.63) is 53.9 Å². The average Bonchev–Trinajstić information content (AvgIpc) is 2.48. The van der Waals surface area contributed by atoms with Gasteiger partial charge in [-0.1, -0.05) is 12.1 Å². The van der Waals surface area contributed by atoms with Gasteiger partial charge in [0.15, 0.2) is 0 Å². The molecule has 0 atom stereocenters. The van der Waals surface area contributed by atoms with Gasteiger partial charge in [0.25, 0.3) is 5.91 Å². The molecule has 0 bridgehead atoms. The number of pyridine rings is 1. The molecule has 0 fully saturated rings. The second kappa shape index (κ2) is 6.88. The monoisotopic (exact) mass is 283 g/mol. The van der Waals surface area contributed by atoms with Crippen LogP contribution in [0.15, 0.2) is 42.6 Å². The minimum atomic E-state index is -0.0344. The lowest BCUT2D eigenvalue weighted by Crippen LogP contribution is -2.31. The van der Waals surface area contributed by atoms with Crippen molar-refractivity contribution in [1.29, 1.82) is 0 Å². The summed E-state index contributed by atoms with van der Waals surface area (Å²) in [5, 5.41) is 3.30. The Bertz CT molecular complexity index is 621. The molecule has 2 rings (SSSR count). The fourth-order valence-corrected chi connectivity index (χ4v) is 2.19. The van der Waals surface area contributed by atoms with E-state index in [9.17, 15) is 4.79 Å². The maximum Gasteiger partial charge on any atom is 0.272 e. The summed E-state index contributed by atoms with van der Waals surface area (Å²) >= 11 is 0. The molecule has 110 valence electrons. The third kappa shape index (κ3) is 3.81. The fourth-order valence-electron chi connectivity index (χ4n) is 2.19. The van der Waals surface area contributed by atoms with Crippen LogP contribution in [0.25, 0.3) is 0 Å². The first kappa shape index (κ1) is 15.0. The Labute approximate surface area is 125 Å². The molecular weight excluding hydrogens is 262 g/mol. The first-order valence-corrected chi connectivity index (χ1v) is 7.23. The van der Waals surface area contributed by atoms with Crippen LogP contribution in [-0.2, 0) is 0 Å². The van der Waals surface area contributed by atoms with Gasteiger partial charge in [-0.3, -0.25) is 9.78 Å². The Morgan fingerprint density at radius 1 is 1.14 bits per heavy atom. The summed E-state index contributed by atoms with van der Waals surface area (Å²) in [6, 6.07) is 11.8. The number of anilines is 2. The molecular formula is C17H21N3O. The van der Waals surface area contributed by atoms with E-state index in [2.05, 4.69) is 16.4 Å². The van der Waals surface area contributed by atoms with Crippen LogP contribution >= 0.6 is 0 Å². The highest BCUT2D eigenvalue weighted by atomic mass is 16.2. The van der Waals surface area contributed by atoms with Crippen molar-refractivity contribution < 1.29 is 4.79 Å². The topological polar surface area (TPSA) is 45.2 Å². The summed E-state index contributed by atoms with van der Waals surface area (Å²) in [5.74, 6) is -0.0344. The lowest BCUT2D eigenvalue weighted by molar-refractivity contribution is 0.0767. The Morgan fingerprint density at radius 3 is 2.52 bits per heavy atom. The molecule has 0 aliphatic heterocycles. The van der Waals surface area contributed by atoms with Crippen molar-refractivity contribution >= 4 is 17.3 Å². The van der Waals surface area contributed by atoms with E-state index in [0.717, 1.165) is 11.4 Å². The molecule has 1 aromatic carbocycles. The summed E-state index contributed by atoms with van der Waals surface area (Å²) < 4.78 is 0. The zero-order valence-electron chi connectivity index (χ0n) is 12.8. The van der Waals surface area contributed by atoms with Crippen LogP contribution in [0, 0.1) is 6.92 Å². The van der Waals surface area contributed by atoms with Gasteiger partial charge in [-0.15, -0.1) is 0 Å².